The van der Waals surface area contributed by atoms with E-state index in [4.69, 9.17) is 4.84 Å². The minimum Gasteiger partial charge on any atom is -0.367 e. The Morgan fingerprint density at radius 2 is 1.78 bits per heavy atom. The van der Waals surface area contributed by atoms with Gasteiger partial charge in [0.1, 0.15) is 10.7 Å². The van der Waals surface area contributed by atoms with E-state index in [1.165, 1.54) is 23.3 Å². The number of hydrogen-bond donors (Lipinski definition) is 0. The third-order valence-electron chi connectivity index (χ3n) is 3.81. The van der Waals surface area contributed by atoms with E-state index < -0.39 is 26.3 Å². The normalized spacial score (nSPS) is 17.9. The van der Waals surface area contributed by atoms with Crippen molar-refractivity contribution >= 4 is 15.8 Å². The Labute approximate surface area is 136 Å². The van der Waals surface area contributed by atoms with Crippen LogP contribution in [0.2, 0.25) is 0 Å². The summed E-state index contributed by atoms with van der Waals surface area (Å²) in [5.41, 5.74) is -0.615. The molecule has 0 aromatic heterocycles. The maximum absolute atomic E-state index is 13.8. The number of sulfone groups is 1. The predicted octanol–water partition coefficient (Wildman–Crippen LogP) is 2.57. The molecule has 1 heterocycles. The third-order valence-corrected chi connectivity index (χ3v) is 6.10. The molecule has 0 radical (unpaired) electrons. The van der Waals surface area contributed by atoms with Gasteiger partial charge >= 0.3 is 5.97 Å². The lowest BCUT2D eigenvalue weighted by Crippen LogP contribution is -2.42. The van der Waals surface area contributed by atoms with Gasteiger partial charge in [-0.05, 0) is 45.7 Å². The summed E-state index contributed by atoms with van der Waals surface area (Å²) in [6.07, 6.45) is 0.599. The van der Waals surface area contributed by atoms with Crippen LogP contribution in [0, 0.1) is 11.2 Å². The van der Waals surface area contributed by atoms with E-state index in [1.807, 2.05) is 0 Å². The fourth-order valence-corrected chi connectivity index (χ4v) is 4.14. The first-order valence-corrected chi connectivity index (χ1v) is 9.13. The van der Waals surface area contributed by atoms with Gasteiger partial charge in [-0.2, -0.15) is 0 Å². The van der Waals surface area contributed by atoms with Gasteiger partial charge in [-0.3, -0.25) is 0 Å². The molecule has 1 aliphatic heterocycles. The van der Waals surface area contributed by atoms with Gasteiger partial charge < -0.3 is 4.84 Å². The standard InChI is InChI=1S/C16H22FNO4S/c1-16(2,3)15(19)22-18-10-8-12(9-11-18)23(20,21)14-7-5-4-6-13(14)17/h4-7,12H,8-11H2,1-3H3. The molecule has 1 aliphatic rings. The van der Waals surface area contributed by atoms with Gasteiger partial charge in [0.2, 0.25) is 0 Å². The number of hydrogen-bond acceptors (Lipinski definition) is 5. The maximum Gasteiger partial charge on any atom is 0.330 e. The number of nitrogens with zero attached hydrogens (tertiary/aromatic N) is 1. The second kappa shape index (κ2) is 6.57. The zero-order valence-electron chi connectivity index (χ0n) is 13.6. The van der Waals surface area contributed by atoms with Crippen molar-refractivity contribution in [1.29, 1.82) is 0 Å². The van der Waals surface area contributed by atoms with Crippen molar-refractivity contribution in [1.82, 2.24) is 5.06 Å². The molecule has 1 aromatic rings. The first-order chi connectivity index (χ1) is 10.6. The van der Waals surface area contributed by atoms with E-state index in [2.05, 4.69) is 0 Å². The first-order valence-electron chi connectivity index (χ1n) is 7.58. The van der Waals surface area contributed by atoms with Crippen LogP contribution in [0.4, 0.5) is 4.39 Å². The number of benzene rings is 1. The Bertz CT molecular complexity index is 674. The minimum absolute atomic E-state index is 0.259. The van der Waals surface area contributed by atoms with Gasteiger partial charge in [0.15, 0.2) is 9.84 Å². The van der Waals surface area contributed by atoms with Crippen LogP contribution in [0.5, 0.6) is 0 Å². The quantitative estimate of drug-likeness (QED) is 0.844. The highest BCUT2D eigenvalue weighted by Crippen LogP contribution is 2.27. The van der Waals surface area contributed by atoms with Crippen molar-refractivity contribution in [2.45, 2.75) is 43.8 Å². The highest BCUT2D eigenvalue weighted by atomic mass is 32.2. The molecule has 0 amide bonds. The van der Waals surface area contributed by atoms with Crippen molar-refractivity contribution in [2.24, 2.45) is 5.41 Å². The number of carbonyl (C=O) groups excluding carboxylic acids is 1. The minimum atomic E-state index is -3.72. The van der Waals surface area contributed by atoms with Crippen LogP contribution < -0.4 is 0 Å². The zero-order valence-corrected chi connectivity index (χ0v) is 14.4. The van der Waals surface area contributed by atoms with Gasteiger partial charge in [0.05, 0.1) is 10.7 Å². The lowest BCUT2D eigenvalue weighted by atomic mass is 9.98. The second-order valence-electron chi connectivity index (χ2n) is 6.73. The molecule has 1 aromatic carbocycles. The molecular weight excluding hydrogens is 321 g/mol. The summed E-state index contributed by atoms with van der Waals surface area (Å²) in [7, 11) is -3.72. The monoisotopic (exact) mass is 343 g/mol. The molecule has 128 valence electrons. The van der Waals surface area contributed by atoms with Crippen molar-refractivity contribution in [3.8, 4) is 0 Å². The number of rotatable bonds is 3. The summed E-state index contributed by atoms with van der Waals surface area (Å²) in [5, 5.41) is 0.824. The Hall–Kier alpha value is -1.47. The summed E-state index contributed by atoms with van der Waals surface area (Å²) in [4.78, 5) is 16.9. The molecule has 7 heteroatoms. The van der Waals surface area contributed by atoms with Crippen molar-refractivity contribution in [2.75, 3.05) is 13.1 Å². The average molecular weight is 343 g/mol. The van der Waals surface area contributed by atoms with E-state index in [0.717, 1.165) is 6.07 Å². The fraction of sp³-hybridized carbons (Fsp3) is 0.562. The summed E-state index contributed by atoms with van der Waals surface area (Å²) in [6.45, 7) is 5.90. The summed E-state index contributed by atoms with van der Waals surface area (Å²) in [5.74, 6) is -1.08. The third kappa shape index (κ3) is 4.09. The lowest BCUT2D eigenvalue weighted by Gasteiger charge is -2.31. The molecule has 0 bridgehead atoms. The maximum atomic E-state index is 13.8. The van der Waals surface area contributed by atoms with E-state index in [-0.39, 0.29) is 10.9 Å². The summed E-state index contributed by atoms with van der Waals surface area (Å²) >= 11 is 0. The zero-order chi connectivity index (χ0) is 17.3. The molecule has 5 nitrogen and oxygen atoms in total. The fourth-order valence-electron chi connectivity index (χ4n) is 2.34. The number of halogens is 1. The molecule has 0 unspecified atom stereocenters. The van der Waals surface area contributed by atoms with E-state index >= 15 is 0 Å². The van der Waals surface area contributed by atoms with E-state index in [0.29, 0.717) is 25.9 Å². The molecular formula is C16H22FNO4S. The van der Waals surface area contributed by atoms with E-state index in [1.54, 1.807) is 20.8 Å². The number of carbonyl (C=O) groups is 1. The lowest BCUT2D eigenvalue weighted by molar-refractivity contribution is -0.203. The average Bonchev–Trinajstić information content (AvgIpc) is 2.47. The molecule has 1 saturated heterocycles. The predicted molar refractivity (Wildman–Crippen MR) is 83.7 cm³/mol. The van der Waals surface area contributed by atoms with Crippen molar-refractivity contribution < 1.29 is 22.4 Å². The van der Waals surface area contributed by atoms with Crippen LogP contribution in [0.25, 0.3) is 0 Å². The molecule has 23 heavy (non-hydrogen) atoms. The Kier molecular flexibility index (Phi) is 5.10. The topological polar surface area (TPSA) is 63.7 Å². The summed E-state index contributed by atoms with van der Waals surface area (Å²) < 4.78 is 38.8. The first kappa shape index (κ1) is 17.9. The van der Waals surface area contributed by atoms with Gasteiger partial charge in [0.25, 0.3) is 0 Å². The van der Waals surface area contributed by atoms with Crippen LogP contribution in [-0.2, 0) is 19.5 Å². The summed E-state index contributed by atoms with van der Waals surface area (Å²) in [6, 6.07) is 5.41. The molecule has 0 N–H and O–H groups in total. The molecule has 0 atom stereocenters. The second-order valence-corrected chi connectivity index (χ2v) is 8.93. The Morgan fingerprint density at radius 3 is 2.30 bits per heavy atom. The molecule has 2 rings (SSSR count). The molecule has 0 saturated carbocycles. The van der Waals surface area contributed by atoms with Crippen molar-refractivity contribution in [3.63, 3.8) is 0 Å². The largest absolute Gasteiger partial charge is 0.367 e. The van der Waals surface area contributed by atoms with Gasteiger partial charge in [0, 0.05) is 13.1 Å². The highest BCUT2D eigenvalue weighted by molar-refractivity contribution is 7.92. The van der Waals surface area contributed by atoms with Gasteiger partial charge in [-0.25, -0.2) is 17.6 Å². The van der Waals surface area contributed by atoms with Crippen LogP contribution in [0.3, 0.4) is 0 Å². The van der Waals surface area contributed by atoms with Crippen molar-refractivity contribution in [3.05, 3.63) is 30.1 Å². The SMILES string of the molecule is CC(C)(C)C(=O)ON1CCC(S(=O)(=O)c2ccccc2F)CC1. The molecule has 0 aliphatic carbocycles. The van der Waals surface area contributed by atoms with Crippen LogP contribution in [0.1, 0.15) is 33.6 Å². The van der Waals surface area contributed by atoms with Crippen LogP contribution >= 0.6 is 0 Å². The highest BCUT2D eigenvalue weighted by Gasteiger charge is 2.35. The van der Waals surface area contributed by atoms with Crippen LogP contribution in [-0.4, -0.2) is 37.8 Å². The Balaban J connectivity index is 2.02. The number of hydroxylamine groups is 2. The number of piperidine rings is 1. The van der Waals surface area contributed by atoms with Gasteiger partial charge in [-0.1, -0.05) is 12.1 Å². The Morgan fingerprint density at radius 1 is 1.22 bits per heavy atom. The van der Waals surface area contributed by atoms with Crippen LogP contribution in [0.15, 0.2) is 29.2 Å². The molecule has 1 fully saturated rings. The van der Waals surface area contributed by atoms with E-state index in [9.17, 15) is 17.6 Å². The molecule has 0 spiro atoms. The van der Waals surface area contributed by atoms with Gasteiger partial charge in [-0.15, -0.1) is 5.06 Å². The smallest absolute Gasteiger partial charge is 0.330 e.